The largest absolute Gasteiger partial charge is 0.481 e. The fraction of sp³-hybridized carbons (Fsp3) is 0.667. The number of hydrogen-bond donors (Lipinski definition) is 4. The number of aliphatic hydroxyl groups is 1. The Kier molecular flexibility index (Phi) is 40.1. The summed E-state index contributed by atoms with van der Waals surface area (Å²) in [4.78, 5) is 47.3. The maximum absolute atomic E-state index is 13.2. The highest BCUT2D eigenvalue weighted by atomic mass is 32.2. The van der Waals surface area contributed by atoms with Gasteiger partial charge in [0.2, 0.25) is 0 Å². The summed E-state index contributed by atoms with van der Waals surface area (Å²) in [6, 6.07) is -1.20. The lowest BCUT2D eigenvalue weighted by Gasteiger charge is -2.25. The van der Waals surface area contributed by atoms with Gasteiger partial charge in [0.1, 0.15) is 25.8 Å². The highest BCUT2D eigenvalue weighted by Crippen LogP contribution is 2.43. The molecule has 0 fully saturated rings. The number of carboxylic acids is 1. The van der Waals surface area contributed by atoms with Crippen LogP contribution in [0, 0.1) is 0 Å². The number of esters is 2. The molecule has 0 radical (unpaired) electrons. The van der Waals surface area contributed by atoms with Crippen LogP contribution in [0.3, 0.4) is 0 Å². The summed E-state index contributed by atoms with van der Waals surface area (Å²) in [6.07, 6.45) is 44.0. The van der Waals surface area contributed by atoms with Crippen LogP contribution in [0.1, 0.15) is 142 Å². The molecule has 378 valence electrons. The van der Waals surface area contributed by atoms with Crippen molar-refractivity contribution in [1.82, 2.24) is 0 Å². The molecule has 0 spiro atoms. The van der Waals surface area contributed by atoms with E-state index in [1.54, 1.807) is 12.2 Å². The van der Waals surface area contributed by atoms with E-state index < -0.39 is 62.4 Å². The molecule has 15 heteroatoms. The van der Waals surface area contributed by atoms with Crippen LogP contribution in [0.15, 0.2) is 85.1 Å². The molecule has 13 nitrogen and oxygen atoms in total. The zero-order valence-corrected chi connectivity index (χ0v) is 42.8. The quantitative estimate of drug-likeness (QED) is 0.0113. The number of thioether (sulfide) groups is 1. The lowest BCUT2D eigenvalue weighted by molar-refractivity contribution is -0.870. The van der Waals surface area contributed by atoms with Gasteiger partial charge in [0.05, 0.1) is 33.9 Å². The van der Waals surface area contributed by atoms with E-state index in [9.17, 15) is 28.9 Å². The molecular formula is C51H88N2O11PS+. The number of carbonyl (C=O) groups is 3. The summed E-state index contributed by atoms with van der Waals surface area (Å²) in [5.41, 5.74) is 6.24. The Morgan fingerprint density at radius 1 is 0.697 bits per heavy atom. The van der Waals surface area contributed by atoms with Crippen molar-refractivity contribution in [3.8, 4) is 0 Å². The number of ether oxygens (including phenoxy) is 2. The van der Waals surface area contributed by atoms with Crippen LogP contribution in [0.2, 0.25) is 0 Å². The van der Waals surface area contributed by atoms with Crippen LogP contribution in [-0.4, -0.2) is 114 Å². The monoisotopic (exact) mass is 968 g/mol. The van der Waals surface area contributed by atoms with Crippen LogP contribution in [0.5, 0.6) is 0 Å². The molecule has 0 aromatic heterocycles. The van der Waals surface area contributed by atoms with Crippen molar-refractivity contribution < 1.29 is 57.1 Å². The van der Waals surface area contributed by atoms with Crippen molar-refractivity contribution in [2.45, 2.75) is 166 Å². The molecule has 0 bridgehead atoms. The molecular weight excluding hydrogens is 880 g/mol. The summed E-state index contributed by atoms with van der Waals surface area (Å²) < 4.78 is 34.4. The standard InChI is InChI=1S/C51H87N2O11PS/c1-6-8-10-12-14-16-18-20-21-22-23-24-26-28-30-32-34-39-50(57)61-42-45(43-63-65(59,60)62-41-40-53(3,4)5)64-51(58)46(52)44-66-48(47(54)36-35-38-49(55)56)37-33-31-29-27-25-19-17-15-13-11-9-7-2/h15,17,20-21,23-25,27-31,33,37,45-48,54H,6-14,16,18-19,22,26,32,34-36,38-44,52H2,1-5H3,(H-,55,56,59,60)/p+1/b17-15-,21-20-,24-23-,27-25-,30-28-,31-29+,37-33+/t45-,46+,47+,48-/m1/s1. The Hall–Kier alpha value is -3.07. The smallest absolute Gasteiger partial charge is 0.472 e. The average molecular weight is 968 g/mol. The van der Waals surface area contributed by atoms with Crippen molar-refractivity contribution in [2.75, 3.05) is 53.3 Å². The number of carboxylic acid groups (broad SMARTS) is 1. The lowest BCUT2D eigenvalue weighted by atomic mass is 10.1. The first kappa shape index (κ1) is 62.9. The molecule has 1 unspecified atom stereocenters. The minimum atomic E-state index is -4.55. The van der Waals surface area contributed by atoms with E-state index in [0.717, 1.165) is 32.1 Å². The minimum absolute atomic E-state index is 0.0116. The number of rotatable bonds is 43. The number of carbonyl (C=O) groups excluding carboxylic acids is 2. The number of unbranched alkanes of at least 4 members (excludes halogenated alkanes) is 10. The number of likely N-dealkylation sites (N-methyl/N-ethyl adjacent to an activating group) is 1. The van der Waals surface area contributed by atoms with Gasteiger partial charge in [-0.1, -0.05) is 144 Å². The van der Waals surface area contributed by atoms with Gasteiger partial charge < -0.3 is 34.8 Å². The maximum atomic E-state index is 13.2. The van der Waals surface area contributed by atoms with E-state index in [0.29, 0.717) is 23.9 Å². The van der Waals surface area contributed by atoms with Crippen molar-refractivity contribution >= 4 is 37.5 Å². The molecule has 0 aliphatic heterocycles. The molecule has 0 aromatic rings. The van der Waals surface area contributed by atoms with Crippen LogP contribution >= 0.6 is 19.6 Å². The average Bonchev–Trinajstić information content (AvgIpc) is 3.26. The third kappa shape index (κ3) is 42.3. The number of allylic oxidation sites excluding steroid dienone is 13. The van der Waals surface area contributed by atoms with E-state index in [2.05, 4.69) is 56.4 Å². The molecule has 0 saturated carbocycles. The van der Waals surface area contributed by atoms with Crippen LogP contribution in [0.4, 0.5) is 0 Å². The second kappa shape index (κ2) is 42.1. The summed E-state index contributed by atoms with van der Waals surface area (Å²) in [5, 5.41) is 19.5. The SMILES string of the molecule is CCCCC/C=C\C\C=C/C=C/C=C/[C@@H](SC[C@H](N)C(=O)O[C@H](COC(=O)CCC/C=C\C/C=C\C/C=C\CCCCCCCC)COP(=O)(O)OCC[N+](C)(C)C)[C@@H](O)CCCC(=O)O. The van der Waals surface area contributed by atoms with Gasteiger partial charge >= 0.3 is 25.7 Å². The first-order valence-corrected chi connectivity index (χ1v) is 26.8. The molecule has 66 heavy (non-hydrogen) atoms. The summed E-state index contributed by atoms with van der Waals surface area (Å²) in [5.74, 6) is -2.35. The van der Waals surface area contributed by atoms with Crippen molar-refractivity contribution in [3.63, 3.8) is 0 Å². The minimum Gasteiger partial charge on any atom is -0.481 e. The zero-order chi connectivity index (χ0) is 49.2. The topological polar surface area (TPSA) is 192 Å². The number of hydrogen-bond acceptors (Lipinski definition) is 11. The Balaban J connectivity index is 5.30. The van der Waals surface area contributed by atoms with E-state index >= 15 is 0 Å². The second-order valence-corrected chi connectivity index (χ2v) is 20.0. The number of quaternary nitrogens is 1. The number of aliphatic carboxylic acids is 1. The van der Waals surface area contributed by atoms with Gasteiger partial charge in [-0.05, 0) is 70.6 Å². The first-order chi connectivity index (χ1) is 31.6. The second-order valence-electron chi connectivity index (χ2n) is 17.3. The third-order valence-electron chi connectivity index (χ3n) is 9.90. The van der Waals surface area contributed by atoms with Gasteiger partial charge in [0.25, 0.3) is 0 Å². The van der Waals surface area contributed by atoms with Crippen LogP contribution in [-0.2, 0) is 37.5 Å². The van der Waals surface area contributed by atoms with Crippen molar-refractivity contribution in [3.05, 3.63) is 85.1 Å². The number of nitrogens with zero attached hydrogens (tertiary/aromatic N) is 1. The number of phosphoric ester groups is 1. The highest BCUT2D eigenvalue weighted by Gasteiger charge is 2.29. The normalized spacial score (nSPS) is 15.5. The van der Waals surface area contributed by atoms with Crippen LogP contribution in [0.25, 0.3) is 0 Å². The molecule has 0 amide bonds. The Morgan fingerprint density at radius 3 is 1.89 bits per heavy atom. The van der Waals surface area contributed by atoms with E-state index in [4.69, 9.17) is 29.4 Å². The summed E-state index contributed by atoms with van der Waals surface area (Å²) >= 11 is 1.20. The number of nitrogens with two attached hydrogens (primary N) is 1. The molecule has 0 aliphatic carbocycles. The fourth-order valence-corrected chi connectivity index (χ4v) is 7.79. The van der Waals surface area contributed by atoms with Crippen LogP contribution < -0.4 is 5.73 Å². The molecule has 5 atom stereocenters. The Bertz CT molecular complexity index is 1520. The molecule has 5 N–H and O–H groups in total. The number of phosphoric acid groups is 1. The van der Waals surface area contributed by atoms with Gasteiger partial charge in [-0.3, -0.25) is 23.4 Å². The van der Waals surface area contributed by atoms with Gasteiger partial charge in [-0.25, -0.2) is 4.57 Å². The van der Waals surface area contributed by atoms with Crippen molar-refractivity contribution in [1.29, 1.82) is 0 Å². The summed E-state index contributed by atoms with van der Waals surface area (Å²) in [7, 11) is 1.14. The molecule has 0 saturated heterocycles. The third-order valence-corrected chi connectivity index (χ3v) is 12.3. The van der Waals surface area contributed by atoms with Gasteiger partial charge in [-0.15, -0.1) is 11.8 Å². The molecule has 0 rings (SSSR count). The zero-order valence-electron chi connectivity index (χ0n) is 41.1. The first-order valence-electron chi connectivity index (χ1n) is 24.3. The van der Waals surface area contributed by atoms with Crippen molar-refractivity contribution in [2.24, 2.45) is 5.73 Å². The van der Waals surface area contributed by atoms with Gasteiger partial charge in [-0.2, -0.15) is 0 Å². The molecule has 0 heterocycles. The van der Waals surface area contributed by atoms with E-state index in [1.165, 1.54) is 69.5 Å². The maximum Gasteiger partial charge on any atom is 0.472 e. The fourth-order valence-electron chi connectivity index (χ4n) is 5.92. The van der Waals surface area contributed by atoms with E-state index in [1.807, 2.05) is 51.5 Å². The highest BCUT2D eigenvalue weighted by molar-refractivity contribution is 8.00. The predicted octanol–water partition coefficient (Wildman–Crippen LogP) is 10.9. The molecule has 0 aliphatic rings. The Labute approximate surface area is 402 Å². The summed E-state index contributed by atoms with van der Waals surface area (Å²) in [6.45, 7) is 3.73. The molecule has 0 aromatic carbocycles. The number of aliphatic hydroxyl groups excluding tert-OH is 1. The van der Waals surface area contributed by atoms with E-state index in [-0.39, 0.29) is 38.0 Å². The predicted molar refractivity (Wildman–Crippen MR) is 271 cm³/mol. The Morgan fingerprint density at radius 2 is 1.26 bits per heavy atom. The van der Waals surface area contributed by atoms with Gasteiger partial charge in [0, 0.05) is 23.8 Å². The van der Waals surface area contributed by atoms with Gasteiger partial charge in [0.15, 0.2) is 6.10 Å². The lowest BCUT2D eigenvalue weighted by Crippen LogP contribution is -2.40.